The number of ether oxygens (including phenoxy) is 3. The van der Waals surface area contributed by atoms with Gasteiger partial charge in [0.2, 0.25) is 0 Å². The van der Waals surface area contributed by atoms with Gasteiger partial charge in [0.1, 0.15) is 6.10 Å². The summed E-state index contributed by atoms with van der Waals surface area (Å²) >= 11 is 0. The monoisotopic (exact) mass is 247 g/mol. The summed E-state index contributed by atoms with van der Waals surface area (Å²) < 4.78 is 15.9. The van der Waals surface area contributed by atoms with Gasteiger partial charge in [-0.1, -0.05) is 0 Å². The molecule has 17 heavy (non-hydrogen) atoms. The molecule has 0 aromatic carbocycles. The fourth-order valence-electron chi connectivity index (χ4n) is 2.00. The van der Waals surface area contributed by atoms with Crippen molar-refractivity contribution in [2.45, 2.75) is 50.5 Å². The van der Waals surface area contributed by atoms with E-state index in [2.05, 4.69) is 0 Å². The molecule has 4 atom stereocenters. The van der Waals surface area contributed by atoms with Crippen LogP contribution in [0.4, 0.5) is 0 Å². The minimum absolute atomic E-state index is 0.0108. The Morgan fingerprint density at radius 3 is 2.65 bits per heavy atom. The van der Waals surface area contributed by atoms with Crippen molar-refractivity contribution in [3.8, 4) is 0 Å². The fraction of sp³-hybridized carbons (Fsp3) is 1.00. The lowest BCUT2D eigenvalue weighted by Gasteiger charge is -2.20. The molecular weight excluding hydrogens is 222 g/mol. The molecule has 0 radical (unpaired) electrons. The molecule has 0 amide bonds. The van der Waals surface area contributed by atoms with E-state index in [1.165, 1.54) is 0 Å². The highest BCUT2D eigenvalue weighted by Gasteiger charge is 2.25. The molecule has 1 fully saturated rings. The van der Waals surface area contributed by atoms with Crippen LogP contribution in [0, 0.1) is 0 Å². The molecule has 0 bridgehead atoms. The van der Waals surface area contributed by atoms with Gasteiger partial charge in [-0.25, -0.2) is 0 Å². The Morgan fingerprint density at radius 2 is 2.06 bits per heavy atom. The lowest BCUT2D eigenvalue weighted by Crippen LogP contribution is -2.35. The average Bonchev–Trinajstić information content (AvgIpc) is 2.70. The van der Waals surface area contributed by atoms with Crippen LogP contribution in [-0.4, -0.2) is 56.4 Å². The maximum atomic E-state index is 9.68. The predicted molar refractivity (Wildman–Crippen MR) is 64.9 cm³/mol. The summed E-state index contributed by atoms with van der Waals surface area (Å²) in [4.78, 5) is 0. The SMILES string of the molecule is COCC(C)OCC(O)COC1CCCC1N. The van der Waals surface area contributed by atoms with Gasteiger partial charge in [-0.15, -0.1) is 0 Å². The standard InChI is InChI=1S/C12H25NO4/c1-9(6-15-2)16-7-10(14)8-17-12-5-3-4-11(12)13/h9-12,14H,3-8,13H2,1-2H3. The van der Waals surface area contributed by atoms with Crippen molar-refractivity contribution < 1.29 is 19.3 Å². The second-order valence-electron chi connectivity index (χ2n) is 4.72. The smallest absolute Gasteiger partial charge is 0.101 e. The number of hydrogen-bond acceptors (Lipinski definition) is 5. The molecule has 0 saturated heterocycles. The van der Waals surface area contributed by atoms with E-state index in [9.17, 15) is 5.11 Å². The van der Waals surface area contributed by atoms with E-state index in [-0.39, 0.29) is 31.5 Å². The Bertz CT molecular complexity index is 203. The van der Waals surface area contributed by atoms with Gasteiger partial charge in [0.15, 0.2) is 0 Å². The predicted octanol–water partition coefficient (Wildman–Crippen LogP) is 0.295. The maximum Gasteiger partial charge on any atom is 0.101 e. The molecule has 3 N–H and O–H groups in total. The van der Waals surface area contributed by atoms with Gasteiger partial charge in [0, 0.05) is 13.2 Å². The van der Waals surface area contributed by atoms with E-state index in [0.29, 0.717) is 6.61 Å². The third-order valence-corrected chi connectivity index (χ3v) is 2.98. The Kier molecular flexibility index (Phi) is 6.99. The third-order valence-electron chi connectivity index (χ3n) is 2.98. The molecule has 0 aliphatic heterocycles. The Morgan fingerprint density at radius 1 is 1.29 bits per heavy atom. The molecule has 5 nitrogen and oxygen atoms in total. The summed E-state index contributed by atoms with van der Waals surface area (Å²) in [5, 5.41) is 9.68. The van der Waals surface area contributed by atoms with E-state index in [1.54, 1.807) is 7.11 Å². The van der Waals surface area contributed by atoms with Gasteiger partial charge in [-0.3, -0.25) is 0 Å². The van der Waals surface area contributed by atoms with Crippen molar-refractivity contribution in [1.29, 1.82) is 0 Å². The molecule has 102 valence electrons. The first-order chi connectivity index (χ1) is 8.13. The summed E-state index contributed by atoms with van der Waals surface area (Å²) in [6.07, 6.45) is 2.62. The molecule has 0 spiro atoms. The minimum atomic E-state index is -0.595. The molecule has 1 saturated carbocycles. The number of nitrogens with two attached hydrogens (primary N) is 1. The second-order valence-corrected chi connectivity index (χ2v) is 4.72. The lowest BCUT2D eigenvalue weighted by atomic mass is 10.2. The highest BCUT2D eigenvalue weighted by atomic mass is 16.5. The molecule has 4 unspecified atom stereocenters. The van der Waals surface area contributed by atoms with Gasteiger partial charge >= 0.3 is 0 Å². The summed E-state index contributed by atoms with van der Waals surface area (Å²) in [7, 11) is 1.63. The van der Waals surface area contributed by atoms with Gasteiger partial charge < -0.3 is 25.1 Å². The third kappa shape index (κ3) is 5.79. The van der Waals surface area contributed by atoms with E-state index in [0.717, 1.165) is 19.3 Å². The topological polar surface area (TPSA) is 73.9 Å². The van der Waals surface area contributed by atoms with Crippen molar-refractivity contribution in [3.05, 3.63) is 0 Å². The molecule has 5 heteroatoms. The maximum absolute atomic E-state index is 9.68. The summed E-state index contributed by atoms with van der Waals surface area (Å²) in [5.41, 5.74) is 5.87. The van der Waals surface area contributed by atoms with Crippen molar-refractivity contribution in [1.82, 2.24) is 0 Å². The van der Waals surface area contributed by atoms with Crippen LogP contribution in [0.25, 0.3) is 0 Å². The van der Waals surface area contributed by atoms with Crippen LogP contribution in [0.3, 0.4) is 0 Å². The number of methoxy groups -OCH3 is 1. The van der Waals surface area contributed by atoms with Gasteiger partial charge in [-0.05, 0) is 26.2 Å². The Labute approximate surface area is 103 Å². The number of aliphatic hydroxyl groups excluding tert-OH is 1. The largest absolute Gasteiger partial charge is 0.388 e. The number of rotatable bonds is 8. The zero-order valence-corrected chi connectivity index (χ0v) is 10.8. The van der Waals surface area contributed by atoms with Crippen molar-refractivity contribution >= 4 is 0 Å². The quantitative estimate of drug-likeness (QED) is 0.645. The van der Waals surface area contributed by atoms with Crippen LogP contribution in [-0.2, 0) is 14.2 Å². The highest BCUT2D eigenvalue weighted by Crippen LogP contribution is 2.20. The first-order valence-corrected chi connectivity index (χ1v) is 6.29. The van der Waals surface area contributed by atoms with E-state index < -0.39 is 6.10 Å². The van der Waals surface area contributed by atoms with E-state index >= 15 is 0 Å². The van der Waals surface area contributed by atoms with Crippen molar-refractivity contribution in [3.63, 3.8) is 0 Å². The number of aliphatic hydroxyl groups is 1. The first kappa shape index (κ1) is 14.9. The van der Waals surface area contributed by atoms with Gasteiger partial charge in [0.25, 0.3) is 0 Å². The molecule has 1 aliphatic carbocycles. The van der Waals surface area contributed by atoms with Crippen molar-refractivity contribution in [2.24, 2.45) is 5.73 Å². The van der Waals surface area contributed by atoms with Crippen LogP contribution in [0.1, 0.15) is 26.2 Å². The summed E-state index contributed by atoms with van der Waals surface area (Å²) in [6, 6.07) is 0.121. The minimum Gasteiger partial charge on any atom is -0.388 e. The van der Waals surface area contributed by atoms with Crippen molar-refractivity contribution in [2.75, 3.05) is 26.9 Å². The zero-order chi connectivity index (χ0) is 12.7. The molecule has 0 aromatic rings. The molecule has 0 aromatic heterocycles. The average molecular weight is 247 g/mol. The molecule has 1 aliphatic rings. The van der Waals surface area contributed by atoms with Crippen LogP contribution in [0.15, 0.2) is 0 Å². The Balaban J connectivity index is 2.06. The Hall–Kier alpha value is -0.200. The molecule has 1 rings (SSSR count). The summed E-state index contributed by atoms with van der Waals surface area (Å²) in [5.74, 6) is 0. The first-order valence-electron chi connectivity index (χ1n) is 6.29. The highest BCUT2D eigenvalue weighted by molar-refractivity contribution is 4.81. The van der Waals surface area contributed by atoms with E-state index in [4.69, 9.17) is 19.9 Å². The van der Waals surface area contributed by atoms with Gasteiger partial charge in [-0.2, -0.15) is 0 Å². The second kappa shape index (κ2) is 8.00. The van der Waals surface area contributed by atoms with Gasteiger partial charge in [0.05, 0.1) is 32.0 Å². The fourth-order valence-corrected chi connectivity index (χ4v) is 2.00. The summed E-state index contributed by atoms with van der Waals surface area (Å²) in [6.45, 7) is 3.00. The van der Waals surface area contributed by atoms with Crippen LogP contribution >= 0.6 is 0 Å². The zero-order valence-electron chi connectivity index (χ0n) is 10.8. The van der Waals surface area contributed by atoms with Crippen LogP contribution in [0.5, 0.6) is 0 Å². The van der Waals surface area contributed by atoms with Crippen LogP contribution < -0.4 is 5.73 Å². The van der Waals surface area contributed by atoms with E-state index in [1.807, 2.05) is 6.92 Å². The molecular formula is C12H25NO4. The number of hydrogen-bond donors (Lipinski definition) is 2. The van der Waals surface area contributed by atoms with Crippen LogP contribution in [0.2, 0.25) is 0 Å². The lowest BCUT2D eigenvalue weighted by molar-refractivity contribution is -0.0709. The molecule has 0 heterocycles. The normalized spacial score (nSPS) is 28.2.